The topological polar surface area (TPSA) is 34.5 Å². The second kappa shape index (κ2) is 8.75. The van der Waals surface area contributed by atoms with Gasteiger partial charge in [0.2, 0.25) is 0 Å². The first-order chi connectivity index (χ1) is 15.0. The Balaban J connectivity index is 1.65. The van der Waals surface area contributed by atoms with Crippen LogP contribution in [-0.2, 0) is 17.7 Å². The summed E-state index contributed by atoms with van der Waals surface area (Å²) in [6.45, 7) is 13.8. The molecule has 0 fully saturated rings. The number of halogens is 1. The lowest BCUT2D eigenvalue weighted by atomic mass is 9.92. The number of carbonyl (C=O) groups is 1. The molecule has 1 atom stereocenters. The lowest BCUT2D eigenvalue weighted by Crippen LogP contribution is -2.43. The molecule has 0 saturated heterocycles. The monoisotopic (exact) mass is 472 g/mol. The highest BCUT2D eigenvalue weighted by Crippen LogP contribution is 2.42. The van der Waals surface area contributed by atoms with Gasteiger partial charge in [0.25, 0.3) is 0 Å². The lowest BCUT2D eigenvalue weighted by Gasteiger charge is -2.37. The summed E-state index contributed by atoms with van der Waals surface area (Å²) in [6, 6.07) is 4.38. The van der Waals surface area contributed by atoms with Crippen LogP contribution in [-0.4, -0.2) is 27.7 Å². The minimum Gasteiger partial charge on any atom is -0.444 e. The van der Waals surface area contributed by atoms with Crippen LogP contribution in [0.4, 0.5) is 4.79 Å². The number of allylic oxidation sites excluding steroid dienone is 3. The van der Waals surface area contributed by atoms with E-state index < -0.39 is 5.60 Å². The first-order valence-electron chi connectivity index (χ1n) is 11.4. The van der Waals surface area contributed by atoms with Crippen molar-refractivity contribution < 1.29 is 9.53 Å². The highest BCUT2D eigenvalue weighted by Gasteiger charge is 2.35. The minimum atomic E-state index is -0.495. The van der Waals surface area contributed by atoms with Gasteiger partial charge < -0.3 is 14.2 Å². The van der Waals surface area contributed by atoms with Crippen LogP contribution in [0.15, 0.2) is 24.3 Å². The van der Waals surface area contributed by atoms with Gasteiger partial charge in [0, 0.05) is 28.5 Å². The van der Waals surface area contributed by atoms with E-state index in [1.807, 2.05) is 43.1 Å². The molecule has 6 heteroatoms. The van der Waals surface area contributed by atoms with E-state index >= 15 is 0 Å². The molecule has 172 valence electrons. The molecule has 4 rings (SSSR count). The molecule has 0 aromatic carbocycles. The molecule has 2 aromatic heterocycles. The Labute approximate surface area is 200 Å². The van der Waals surface area contributed by atoms with E-state index in [2.05, 4.69) is 49.6 Å². The summed E-state index contributed by atoms with van der Waals surface area (Å²) < 4.78 is 7.99. The molecule has 0 bridgehead atoms. The first kappa shape index (κ1) is 23.2. The average molecular weight is 473 g/mol. The van der Waals surface area contributed by atoms with Crippen molar-refractivity contribution in [2.24, 2.45) is 5.92 Å². The van der Waals surface area contributed by atoms with Gasteiger partial charge in [-0.2, -0.15) is 0 Å². The van der Waals surface area contributed by atoms with Gasteiger partial charge in [-0.1, -0.05) is 37.6 Å². The number of hydrogen-bond donors (Lipinski definition) is 0. The predicted molar refractivity (Wildman–Crippen MR) is 134 cm³/mol. The summed E-state index contributed by atoms with van der Waals surface area (Å²) in [5.74, 6) is 0.479. The minimum absolute atomic E-state index is 0.0550. The van der Waals surface area contributed by atoms with Crippen molar-refractivity contribution in [1.29, 1.82) is 0 Å². The number of rotatable bonds is 3. The zero-order chi connectivity index (χ0) is 23.2. The molecule has 0 aliphatic carbocycles. The fourth-order valence-corrected chi connectivity index (χ4v) is 6.07. The van der Waals surface area contributed by atoms with E-state index in [1.165, 1.54) is 26.6 Å². The van der Waals surface area contributed by atoms with Crippen molar-refractivity contribution in [1.82, 2.24) is 9.47 Å². The molecule has 4 heterocycles. The summed E-state index contributed by atoms with van der Waals surface area (Å²) in [5.41, 5.74) is 4.23. The van der Waals surface area contributed by atoms with Gasteiger partial charge in [0.05, 0.1) is 16.8 Å². The summed E-state index contributed by atoms with van der Waals surface area (Å²) in [6.07, 6.45) is 8.15. The second-order valence-corrected chi connectivity index (χ2v) is 11.7. The summed E-state index contributed by atoms with van der Waals surface area (Å²) >= 11 is 8.29. The number of nitrogens with zero attached hydrogens (tertiary/aromatic N) is 2. The van der Waals surface area contributed by atoms with E-state index in [0.29, 0.717) is 12.5 Å². The third-order valence-electron chi connectivity index (χ3n) is 5.98. The number of carbonyl (C=O) groups excluding carboxylic acids is 1. The average Bonchev–Trinajstić information content (AvgIpc) is 3.12. The molecule has 2 aliphatic heterocycles. The highest BCUT2D eigenvalue weighted by atomic mass is 35.5. The summed E-state index contributed by atoms with van der Waals surface area (Å²) in [7, 11) is 0. The Morgan fingerprint density at radius 3 is 2.72 bits per heavy atom. The van der Waals surface area contributed by atoms with Gasteiger partial charge in [-0.25, -0.2) is 4.79 Å². The smallest absolute Gasteiger partial charge is 0.410 e. The molecule has 0 saturated carbocycles. The largest absolute Gasteiger partial charge is 0.444 e. The third-order valence-corrected chi connectivity index (χ3v) is 7.54. The Bertz CT molecular complexity index is 1080. The maximum Gasteiger partial charge on any atom is 0.410 e. The van der Waals surface area contributed by atoms with Gasteiger partial charge in [-0.05, 0) is 75.8 Å². The number of aryl methyl sites for hydroxylation is 1. The normalized spacial score (nSPS) is 18.3. The number of hydrogen-bond acceptors (Lipinski definition) is 3. The first-order valence-corrected chi connectivity index (χ1v) is 12.6. The Morgan fingerprint density at radius 1 is 1.28 bits per heavy atom. The molecule has 32 heavy (non-hydrogen) atoms. The van der Waals surface area contributed by atoms with Gasteiger partial charge in [0.15, 0.2) is 0 Å². The molecule has 1 amide bonds. The van der Waals surface area contributed by atoms with Crippen LogP contribution in [0.1, 0.15) is 73.8 Å². The molecule has 4 nitrogen and oxygen atoms in total. The third kappa shape index (κ3) is 4.69. The van der Waals surface area contributed by atoms with Crippen molar-refractivity contribution in [3.8, 4) is 0 Å². The Hall–Kier alpha value is -1.98. The fourth-order valence-electron chi connectivity index (χ4n) is 4.52. The van der Waals surface area contributed by atoms with Crippen LogP contribution < -0.4 is 0 Å². The summed E-state index contributed by atoms with van der Waals surface area (Å²) in [4.78, 5) is 17.6. The van der Waals surface area contributed by atoms with E-state index in [1.54, 1.807) is 0 Å². The zero-order valence-corrected chi connectivity index (χ0v) is 21.4. The van der Waals surface area contributed by atoms with Crippen LogP contribution >= 0.6 is 22.9 Å². The van der Waals surface area contributed by atoms with Crippen LogP contribution in [0.3, 0.4) is 0 Å². The van der Waals surface area contributed by atoms with Gasteiger partial charge in [-0.3, -0.25) is 0 Å². The van der Waals surface area contributed by atoms with Crippen LogP contribution in [0.2, 0.25) is 5.02 Å². The maximum atomic E-state index is 13.0. The fraction of sp³-hybridized carbons (Fsp3) is 0.500. The molecule has 0 spiro atoms. The van der Waals surface area contributed by atoms with Crippen LogP contribution in [0.5, 0.6) is 0 Å². The molecular weight excluding hydrogens is 440 g/mol. The van der Waals surface area contributed by atoms with Gasteiger partial charge >= 0.3 is 6.09 Å². The molecule has 2 aliphatic rings. The van der Waals surface area contributed by atoms with E-state index in [-0.39, 0.29) is 12.1 Å². The van der Waals surface area contributed by atoms with Gasteiger partial charge in [-0.15, -0.1) is 11.3 Å². The van der Waals surface area contributed by atoms with Crippen molar-refractivity contribution in [3.05, 3.63) is 56.0 Å². The van der Waals surface area contributed by atoms with Crippen molar-refractivity contribution in [2.45, 2.75) is 72.6 Å². The second-order valence-electron chi connectivity index (χ2n) is 10.2. The molecular formula is C26H33ClN2O2S. The predicted octanol–water partition coefficient (Wildman–Crippen LogP) is 7.50. The molecule has 1 unspecified atom stereocenters. The Morgan fingerprint density at radius 2 is 2.03 bits per heavy atom. The van der Waals surface area contributed by atoms with Gasteiger partial charge in [0.1, 0.15) is 5.60 Å². The standard InChI is InChI=1S/C26H33ClN2O2S/c1-16(2)13-22-19-15-24(18-7-8-21-20(27)14-17(3)28(21)11-9-18)32-23(19)10-12-29(22)25(30)31-26(4,5)6/h7-9,14-16,22H,10-13H2,1-6H3. The molecule has 0 N–H and O–H groups in total. The number of fused-ring (bicyclic) bond motifs is 2. The Kier molecular flexibility index (Phi) is 6.34. The van der Waals surface area contributed by atoms with Crippen molar-refractivity contribution in [3.63, 3.8) is 0 Å². The maximum absolute atomic E-state index is 13.0. The molecule has 2 aromatic rings. The number of ether oxygens (including phenoxy) is 1. The van der Waals surface area contributed by atoms with Crippen molar-refractivity contribution in [2.75, 3.05) is 6.54 Å². The number of thiophene rings is 1. The van der Waals surface area contributed by atoms with Crippen LogP contribution in [0.25, 0.3) is 11.6 Å². The SMILES string of the molecule is Cc1cc(Cl)c2n1CC=C(c1cc3c(s1)CCN(C(=O)OC(C)(C)C)C3CC(C)C)C=C2. The number of aromatic nitrogens is 1. The van der Waals surface area contributed by atoms with Crippen LogP contribution in [0, 0.1) is 12.8 Å². The lowest BCUT2D eigenvalue weighted by molar-refractivity contribution is 0.0122. The highest BCUT2D eigenvalue weighted by molar-refractivity contribution is 7.13. The molecule has 0 radical (unpaired) electrons. The van der Waals surface area contributed by atoms with E-state index in [0.717, 1.165) is 30.1 Å². The zero-order valence-electron chi connectivity index (χ0n) is 19.9. The quantitative estimate of drug-likeness (QED) is 0.463. The van der Waals surface area contributed by atoms with E-state index in [4.69, 9.17) is 16.3 Å². The van der Waals surface area contributed by atoms with E-state index in [9.17, 15) is 4.79 Å². The summed E-state index contributed by atoms with van der Waals surface area (Å²) in [5, 5.41) is 0.795. The van der Waals surface area contributed by atoms with Crippen molar-refractivity contribution >= 4 is 40.7 Å². The number of amides is 1.